The number of rotatable bonds is 3. The molecule has 0 unspecified atom stereocenters. The Morgan fingerprint density at radius 1 is 1.20 bits per heavy atom. The monoisotopic (exact) mass is 305 g/mol. The maximum absolute atomic E-state index is 11.8. The van der Waals surface area contributed by atoms with E-state index in [0.29, 0.717) is 0 Å². The van der Waals surface area contributed by atoms with Gasteiger partial charge in [0.1, 0.15) is 0 Å². The number of ketones is 1. The summed E-state index contributed by atoms with van der Waals surface area (Å²) in [6, 6.07) is 9.87. The Morgan fingerprint density at radius 2 is 1.85 bits per heavy atom. The van der Waals surface area contributed by atoms with Crippen molar-refractivity contribution in [2.45, 2.75) is 42.9 Å². The molecule has 2 rings (SSSR count). The number of benzene rings is 1. The fourth-order valence-corrected chi connectivity index (χ4v) is 4.07. The molecule has 2 aromatic rings. The molecule has 0 saturated heterocycles. The topological polar surface area (TPSA) is 43.1 Å². The van der Waals surface area contributed by atoms with Crippen molar-refractivity contribution in [2.75, 3.05) is 5.73 Å². The molecule has 1 heterocycles. The van der Waals surface area contributed by atoms with Crippen LogP contribution in [-0.4, -0.2) is 5.78 Å². The zero-order chi connectivity index (χ0) is 14.9. The summed E-state index contributed by atoms with van der Waals surface area (Å²) in [4.78, 5) is 15.9. The number of carbonyl (C=O) groups is 1. The molecule has 106 valence electrons. The van der Waals surface area contributed by atoms with Gasteiger partial charge in [-0.25, -0.2) is 0 Å². The van der Waals surface area contributed by atoms with Crippen LogP contribution in [0.15, 0.2) is 40.1 Å². The van der Waals surface area contributed by atoms with Crippen molar-refractivity contribution in [3.8, 4) is 0 Å². The number of hydrogen-bond donors (Lipinski definition) is 1. The molecule has 2 N–H and O–H groups in total. The summed E-state index contributed by atoms with van der Waals surface area (Å²) in [5.41, 5.74) is 6.78. The summed E-state index contributed by atoms with van der Waals surface area (Å²) in [7, 11) is 0. The zero-order valence-electron chi connectivity index (χ0n) is 12.2. The molecule has 0 atom stereocenters. The Hall–Kier alpha value is -1.26. The largest absolute Gasteiger partial charge is 0.398 e. The van der Waals surface area contributed by atoms with Gasteiger partial charge in [-0.2, -0.15) is 0 Å². The molecule has 0 radical (unpaired) electrons. The van der Waals surface area contributed by atoms with Gasteiger partial charge in [0.15, 0.2) is 5.78 Å². The SMILES string of the molecule is CC(=O)c1sc(C(C)(C)C)cc1Sc1ccccc1N. The molecule has 20 heavy (non-hydrogen) atoms. The maximum Gasteiger partial charge on any atom is 0.170 e. The van der Waals surface area contributed by atoms with Crippen LogP contribution in [0.25, 0.3) is 0 Å². The second-order valence-corrected chi connectivity index (χ2v) is 7.89. The van der Waals surface area contributed by atoms with Crippen molar-refractivity contribution >= 4 is 34.6 Å². The molecule has 0 fully saturated rings. The lowest BCUT2D eigenvalue weighted by atomic mass is 9.95. The Morgan fingerprint density at radius 3 is 2.40 bits per heavy atom. The van der Waals surface area contributed by atoms with E-state index >= 15 is 0 Å². The summed E-state index contributed by atoms with van der Waals surface area (Å²) in [5.74, 6) is 0.113. The Balaban J connectivity index is 2.43. The van der Waals surface area contributed by atoms with Gasteiger partial charge in [-0.3, -0.25) is 4.79 Å². The molecule has 0 aliphatic rings. The summed E-state index contributed by atoms with van der Waals surface area (Å²) in [6.45, 7) is 8.10. The average Bonchev–Trinajstić information content (AvgIpc) is 2.76. The van der Waals surface area contributed by atoms with Gasteiger partial charge in [0.2, 0.25) is 0 Å². The average molecular weight is 305 g/mol. The molecule has 1 aromatic carbocycles. The van der Waals surface area contributed by atoms with Gasteiger partial charge in [0, 0.05) is 20.4 Å². The minimum absolute atomic E-state index is 0.0515. The van der Waals surface area contributed by atoms with E-state index in [1.54, 1.807) is 30.0 Å². The highest BCUT2D eigenvalue weighted by atomic mass is 32.2. The fourth-order valence-electron chi connectivity index (χ4n) is 1.76. The van der Waals surface area contributed by atoms with Crippen LogP contribution in [0.1, 0.15) is 42.2 Å². The molecule has 1 aromatic heterocycles. The highest BCUT2D eigenvalue weighted by molar-refractivity contribution is 7.99. The summed E-state index contributed by atoms with van der Waals surface area (Å²) < 4.78 is 0. The zero-order valence-corrected chi connectivity index (χ0v) is 13.8. The van der Waals surface area contributed by atoms with E-state index in [4.69, 9.17) is 5.73 Å². The first kappa shape index (κ1) is 15.1. The van der Waals surface area contributed by atoms with E-state index in [0.717, 1.165) is 20.4 Å². The van der Waals surface area contributed by atoms with Crippen molar-refractivity contribution in [3.63, 3.8) is 0 Å². The molecule has 0 saturated carbocycles. The van der Waals surface area contributed by atoms with Crippen molar-refractivity contribution in [1.29, 1.82) is 0 Å². The maximum atomic E-state index is 11.8. The first-order chi connectivity index (χ1) is 9.29. The third kappa shape index (κ3) is 3.25. The first-order valence-corrected chi connectivity index (χ1v) is 8.10. The minimum atomic E-state index is 0.0515. The molecule has 0 aliphatic heterocycles. The van der Waals surface area contributed by atoms with Crippen molar-refractivity contribution in [2.24, 2.45) is 0 Å². The summed E-state index contributed by atoms with van der Waals surface area (Å²) >= 11 is 3.16. The predicted molar refractivity (Wildman–Crippen MR) is 88.0 cm³/mol. The van der Waals surface area contributed by atoms with Gasteiger partial charge in [-0.15, -0.1) is 11.3 Å². The van der Waals surface area contributed by atoms with Gasteiger partial charge >= 0.3 is 0 Å². The molecule has 0 amide bonds. The summed E-state index contributed by atoms with van der Waals surface area (Å²) in [5, 5.41) is 0. The Kier molecular flexibility index (Phi) is 4.25. The van der Waals surface area contributed by atoms with Crippen LogP contribution in [0.4, 0.5) is 5.69 Å². The van der Waals surface area contributed by atoms with Crippen LogP contribution in [0.3, 0.4) is 0 Å². The van der Waals surface area contributed by atoms with E-state index in [1.807, 2.05) is 24.3 Å². The normalized spacial score (nSPS) is 11.6. The second-order valence-electron chi connectivity index (χ2n) is 5.75. The molecular formula is C16H19NOS2. The number of nitrogen functional groups attached to an aromatic ring is 1. The molecule has 2 nitrogen and oxygen atoms in total. The number of thiophene rings is 1. The number of hydrogen-bond acceptors (Lipinski definition) is 4. The van der Waals surface area contributed by atoms with Crippen LogP contribution in [0.2, 0.25) is 0 Å². The van der Waals surface area contributed by atoms with Crippen molar-refractivity contribution in [3.05, 3.63) is 40.1 Å². The van der Waals surface area contributed by atoms with Crippen LogP contribution in [0.5, 0.6) is 0 Å². The van der Waals surface area contributed by atoms with Crippen LogP contribution in [0, 0.1) is 0 Å². The molecular weight excluding hydrogens is 286 g/mol. The lowest BCUT2D eigenvalue weighted by Gasteiger charge is -2.15. The second kappa shape index (κ2) is 5.62. The van der Waals surface area contributed by atoms with E-state index in [9.17, 15) is 4.79 Å². The molecule has 0 spiro atoms. The van der Waals surface area contributed by atoms with Gasteiger partial charge in [-0.1, -0.05) is 44.7 Å². The van der Waals surface area contributed by atoms with Crippen molar-refractivity contribution in [1.82, 2.24) is 0 Å². The first-order valence-electron chi connectivity index (χ1n) is 6.46. The van der Waals surface area contributed by atoms with Crippen molar-refractivity contribution < 1.29 is 4.79 Å². The number of para-hydroxylation sites is 1. The highest BCUT2D eigenvalue weighted by Crippen LogP contribution is 2.41. The van der Waals surface area contributed by atoms with E-state index in [1.165, 1.54) is 4.88 Å². The number of carbonyl (C=O) groups excluding carboxylic acids is 1. The van der Waals surface area contributed by atoms with Gasteiger partial charge in [-0.05, 0) is 30.5 Å². The molecule has 0 aliphatic carbocycles. The summed E-state index contributed by atoms with van der Waals surface area (Å²) in [6.07, 6.45) is 0. The number of anilines is 1. The third-order valence-corrected chi connectivity index (χ3v) is 5.82. The number of nitrogens with two attached hydrogens (primary N) is 1. The Labute approximate surface area is 128 Å². The number of Topliss-reactive ketones (excluding diaryl/α,β-unsaturated/α-hetero) is 1. The van der Waals surface area contributed by atoms with Gasteiger partial charge < -0.3 is 5.73 Å². The van der Waals surface area contributed by atoms with Crippen LogP contribution in [-0.2, 0) is 5.41 Å². The minimum Gasteiger partial charge on any atom is -0.398 e. The van der Waals surface area contributed by atoms with Crippen LogP contribution >= 0.6 is 23.1 Å². The Bertz CT molecular complexity index is 638. The third-order valence-electron chi connectivity index (χ3n) is 2.90. The van der Waals surface area contributed by atoms with Gasteiger partial charge in [0.25, 0.3) is 0 Å². The smallest absolute Gasteiger partial charge is 0.170 e. The lowest BCUT2D eigenvalue weighted by molar-refractivity contribution is 0.101. The lowest BCUT2D eigenvalue weighted by Crippen LogP contribution is -2.07. The predicted octanol–water partition coefficient (Wildman–Crippen LogP) is 4.98. The molecule has 4 heteroatoms. The van der Waals surface area contributed by atoms with E-state index < -0.39 is 0 Å². The standard InChI is InChI=1S/C16H19NOS2/c1-10(18)15-13(9-14(20-15)16(2,3)4)19-12-8-6-5-7-11(12)17/h5-9H,17H2,1-4H3. The molecule has 0 bridgehead atoms. The fraction of sp³-hybridized carbons (Fsp3) is 0.312. The van der Waals surface area contributed by atoms with E-state index in [2.05, 4.69) is 26.8 Å². The van der Waals surface area contributed by atoms with E-state index in [-0.39, 0.29) is 11.2 Å². The quantitative estimate of drug-likeness (QED) is 0.642. The van der Waals surface area contributed by atoms with Crippen LogP contribution < -0.4 is 5.73 Å². The highest BCUT2D eigenvalue weighted by Gasteiger charge is 2.22. The van der Waals surface area contributed by atoms with Gasteiger partial charge in [0.05, 0.1) is 4.88 Å².